The molecular weight excluding hydrogens is 260 g/mol. The van der Waals surface area contributed by atoms with Crippen LogP contribution in [-0.2, 0) is 6.42 Å². The smallest absolute Gasteiger partial charge is 0.258 e. The molecule has 0 bridgehead atoms. The highest BCUT2D eigenvalue weighted by Crippen LogP contribution is 2.30. The van der Waals surface area contributed by atoms with Crippen LogP contribution < -0.4 is 10.6 Å². The lowest BCUT2D eigenvalue weighted by atomic mass is 9.99. The van der Waals surface area contributed by atoms with Gasteiger partial charge in [0.15, 0.2) is 0 Å². The van der Waals surface area contributed by atoms with E-state index in [2.05, 4.69) is 6.92 Å². The fraction of sp³-hybridized carbons (Fsp3) is 0.278. The average Bonchev–Trinajstić information content (AvgIpc) is 2.48. The number of benzene rings is 2. The van der Waals surface area contributed by atoms with E-state index < -0.39 is 0 Å². The van der Waals surface area contributed by atoms with Crippen molar-refractivity contribution in [1.29, 1.82) is 0 Å². The number of carbonyl (C=O) groups is 1. The minimum absolute atomic E-state index is 0.0730. The van der Waals surface area contributed by atoms with Gasteiger partial charge in [-0.25, -0.2) is 0 Å². The highest BCUT2D eigenvalue weighted by molar-refractivity contribution is 6.07. The summed E-state index contributed by atoms with van der Waals surface area (Å²) in [6.07, 6.45) is 1.96. The van der Waals surface area contributed by atoms with Crippen molar-refractivity contribution in [3.8, 4) is 0 Å². The molecule has 0 saturated heterocycles. The second kappa shape index (κ2) is 5.24. The highest BCUT2D eigenvalue weighted by Gasteiger charge is 2.23. The maximum absolute atomic E-state index is 12.8. The normalized spacial score (nSPS) is 13.9. The summed E-state index contributed by atoms with van der Waals surface area (Å²) in [5.41, 5.74) is 11.9. The number of fused-ring (bicyclic) bond motifs is 1. The quantitative estimate of drug-likeness (QED) is 0.813. The van der Waals surface area contributed by atoms with Gasteiger partial charge in [-0.05, 0) is 73.7 Å². The van der Waals surface area contributed by atoms with Crippen LogP contribution in [0.1, 0.15) is 33.5 Å². The lowest BCUT2D eigenvalue weighted by Crippen LogP contribution is -2.35. The summed E-state index contributed by atoms with van der Waals surface area (Å²) in [7, 11) is 0. The van der Waals surface area contributed by atoms with Gasteiger partial charge in [-0.3, -0.25) is 4.79 Å². The van der Waals surface area contributed by atoms with Crippen molar-refractivity contribution < 1.29 is 4.79 Å². The largest absolute Gasteiger partial charge is 0.399 e. The third-order valence-electron chi connectivity index (χ3n) is 4.22. The van der Waals surface area contributed by atoms with Crippen LogP contribution in [0.15, 0.2) is 36.4 Å². The van der Waals surface area contributed by atoms with Crippen molar-refractivity contribution in [2.75, 3.05) is 17.2 Å². The van der Waals surface area contributed by atoms with Crippen LogP contribution >= 0.6 is 0 Å². The summed E-state index contributed by atoms with van der Waals surface area (Å²) in [6.45, 7) is 4.86. The molecule has 21 heavy (non-hydrogen) atoms. The topological polar surface area (TPSA) is 46.3 Å². The maximum atomic E-state index is 12.8. The zero-order chi connectivity index (χ0) is 15.0. The molecule has 1 amide bonds. The Hall–Kier alpha value is -2.29. The van der Waals surface area contributed by atoms with Gasteiger partial charge in [0, 0.05) is 23.5 Å². The molecule has 3 heteroatoms. The third kappa shape index (κ3) is 2.51. The molecule has 0 spiro atoms. The van der Waals surface area contributed by atoms with Gasteiger partial charge >= 0.3 is 0 Å². The van der Waals surface area contributed by atoms with E-state index in [0.717, 1.165) is 41.9 Å². The number of aryl methyl sites for hydroxylation is 3. The molecule has 1 aliphatic heterocycles. The van der Waals surface area contributed by atoms with Gasteiger partial charge in [0.2, 0.25) is 0 Å². The molecule has 3 nitrogen and oxygen atoms in total. The molecule has 2 aromatic rings. The van der Waals surface area contributed by atoms with E-state index in [1.165, 1.54) is 11.1 Å². The molecule has 0 saturated carbocycles. The Morgan fingerprint density at radius 2 is 1.90 bits per heavy atom. The van der Waals surface area contributed by atoms with Gasteiger partial charge in [0.1, 0.15) is 0 Å². The zero-order valence-corrected chi connectivity index (χ0v) is 12.5. The number of hydrogen-bond acceptors (Lipinski definition) is 2. The van der Waals surface area contributed by atoms with Gasteiger partial charge < -0.3 is 10.6 Å². The minimum Gasteiger partial charge on any atom is -0.399 e. The first-order valence-corrected chi connectivity index (χ1v) is 7.34. The molecule has 1 aliphatic rings. The van der Waals surface area contributed by atoms with E-state index in [-0.39, 0.29) is 5.91 Å². The molecule has 0 aliphatic carbocycles. The Balaban J connectivity index is 1.98. The van der Waals surface area contributed by atoms with Gasteiger partial charge in [0.25, 0.3) is 5.91 Å². The van der Waals surface area contributed by atoms with Crippen LogP contribution in [0, 0.1) is 13.8 Å². The SMILES string of the molecule is Cc1ccc(C(=O)N2CCCc3cc(N)ccc32)cc1C. The van der Waals surface area contributed by atoms with Gasteiger partial charge in [-0.2, -0.15) is 0 Å². The summed E-state index contributed by atoms with van der Waals surface area (Å²) in [6, 6.07) is 11.7. The standard InChI is InChI=1S/C18H20N2O/c1-12-5-6-15(10-13(12)2)18(21)20-9-3-4-14-11-16(19)7-8-17(14)20/h5-8,10-11H,3-4,9,19H2,1-2H3. The molecule has 0 atom stereocenters. The number of carbonyl (C=O) groups excluding carboxylic acids is 1. The van der Waals surface area contributed by atoms with Crippen molar-refractivity contribution in [3.63, 3.8) is 0 Å². The molecule has 0 unspecified atom stereocenters. The number of nitrogens with two attached hydrogens (primary N) is 1. The molecule has 0 radical (unpaired) electrons. The van der Waals surface area contributed by atoms with Crippen LogP contribution in [0.3, 0.4) is 0 Å². The fourth-order valence-electron chi connectivity index (χ4n) is 2.86. The first-order chi connectivity index (χ1) is 10.1. The van der Waals surface area contributed by atoms with E-state index >= 15 is 0 Å². The number of hydrogen-bond donors (Lipinski definition) is 1. The predicted octanol–water partition coefficient (Wildman–Crippen LogP) is 3.48. The number of nitrogens with zero attached hydrogens (tertiary/aromatic N) is 1. The van der Waals surface area contributed by atoms with Crippen molar-refractivity contribution in [2.24, 2.45) is 0 Å². The molecule has 3 rings (SSSR count). The monoisotopic (exact) mass is 280 g/mol. The number of amides is 1. The van der Waals surface area contributed by atoms with Crippen LogP contribution in [0.25, 0.3) is 0 Å². The van der Waals surface area contributed by atoms with Gasteiger partial charge in [-0.15, -0.1) is 0 Å². The van der Waals surface area contributed by atoms with Gasteiger partial charge in [0.05, 0.1) is 0 Å². The second-order valence-electron chi connectivity index (χ2n) is 5.75. The van der Waals surface area contributed by atoms with Crippen LogP contribution in [0.2, 0.25) is 0 Å². The van der Waals surface area contributed by atoms with Crippen LogP contribution in [0.5, 0.6) is 0 Å². The van der Waals surface area contributed by atoms with E-state index in [9.17, 15) is 4.79 Å². The summed E-state index contributed by atoms with van der Waals surface area (Å²) >= 11 is 0. The van der Waals surface area contributed by atoms with Crippen molar-refractivity contribution >= 4 is 17.3 Å². The Morgan fingerprint density at radius 3 is 2.67 bits per heavy atom. The Bertz CT molecular complexity index is 706. The van der Waals surface area contributed by atoms with E-state index in [1.54, 1.807) is 0 Å². The molecule has 2 aromatic carbocycles. The van der Waals surface area contributed by atoms with Crippen LogP contribution in [-0.4, -0.2) is 12.5 Å². The van der Waals surface area contributed by atoms with E-state index in [1.807, 2.05) is 48.2 Å². The number of anilines is 2. The summed E-state index contributed by atoms with van der Waals surface area (Å²) in [5.74, 6) is 0.0730. The number of rotatable bonds is 1. The molecule has 2 N–H and O–H groups in total. The summed E-state index contributed by atoms with van der Waals surface area (Å²) in [5, 5.41) is 0. The van der Waals surface area contributed by atoms with Crippen molar-refractivity contribution in [1.82, 2.24) is 0 Å². The molecule has 0 aromatic heterocycles. The molecular formula is C18H20N2O. The second-order valence-corrected chi connectivity index (χ2v) is 5.75. The third-order valence-corrected chi connectivity index (χ3v) is 4.22. The van der Waals surface area contributed by atoms with Crippen molar-refractivity contribution in [2.45, 2.75) is 26.7 Å². The molecule has 0 fully saturated rings. The van der Waals surface area contributed by atoms with E-state index in [0.29, 0.717) is 0 Å². The highest BCUT2D eigenvalue weighted by atomic mass is 16.2. The van der Waals surface area contributed by atoms with E-state index in [4.69, 9.17) is 5.73 Å². The molecule has 108 valence electrons. The lowest BCUT2D eigenvalue weighted by Gasteiger charge is -2.30. The summed E-state index contributed by atoms with van der Waals surface area (Å²) in [4.78, 5) is 14.7. The minimum atomic E-state index is 0.0730. The molecule has 1 heterocycles. The first kappa shape index (κ1) is 13.7. The zero-order valence-electron chi connectivity index (χ0n) is 12.5. The number of nitrogen functional groups attached to an aromatic ring is 1. The maximum Gasteiger partial charge on any atom is 0.258 e. The Labute approximate surface area is 125 Å². The van der Waals surface area contributed by atoms with Gasteiger partial charge in [-0.1, -0.05) is 6.07 Å². The van der Waals surface area contributed by atoms with Crippen LogP contribution in [0.4, 0.5) is 11.4 Å². The Morgan fingerprint density at radius 1 is 1.10 bits per heavy atom. The average molecular weight is 280 g/mol. The summed E-state index contributed by atoms with van der Waals surface area (Å²) < 4.78 is 0. The first-order valence-electron chi connectivity index (χ1n) is 7.34. The Kier molecular flexibility index (Phi) is 3.42. The predicted molar refractivity (Wildman–Crippen MR) is 86.8 cm³/mol. The fourth-order valence-corrected chi connectivity index (χ4v) is 2.86. The van der Waals surface area contributed by atoms with Crippen molar-refractivity contribution in [3.05, 3.63) is 58.7 Å². The lowest BCUT2D eigenvalue weighted by molar-refractivity contribution is 0.0985.